The molecule has 0 aromatic heterocycles. The van der Waals surface area contributed by atoms with Gasteiger partial charge in [0.15, 0.2) is 29.5 Å². The number of rotatable bonds is 5. The molecule has 0 saturated heterocycles. The topological polar surface area (TPSA) is 66.4 Å². The van der Waals surface area contributed by atoms with E-state index in [2.05, 4.69) is 4.99 Å². The molecule has 0 spiro atoms. The number of hydrogen-bond acceptors (Lipinski definition) is 6. The molecule has 2 unspecified atom stereocenters. The van der Waals surface area contributed by atoms with E-state index in [9.17, 15) is 4.79 Å². The first-order valence-corrected chi connectivity index (χ1v) is 6.65. The molecule has 6 heteroatoms. The third kappa shape index (κ3) is 2.66. The first-order valence-electron chi connectivity index (χ1n) is 6.65. The zero-order valence-corrected chi connectivity index (χ0v) is 12.6. The summed E-state index contributed by atoms with van der Waals surface area (Å²) in [6, 6.07) is 5.36. The predicted molar refractivity (Wildman–Crippen MR) is 76.9 cm³/mol. The Balaban J connectivity index is 2.35. The second-order valence-corrected chi connectivity index (χ2v) is 4.73. The number of hydrogen-bond donors (Lipinski definition) is 0. The van der Waals surface area contributed by atoms with Crippen molar-refractivity contribution in [2.45, 2.75) is 25.5 Å². The van der Waals surface area contributed by atoms with Crippen LogP contribution in [0.1, 0.15) is 25.5 Å². The highest BCUT2D eigenvalue weighted by atomic mass is 16.5. The van der Waals surface area contributed by atoms with Crippen molar-refractivity contribution >= 4 is 12.4 Å². The molecule has 0 aliphatic carbocycles. The fourth-order valence-corrected chi connectivity index (χ4v) is 2.26. The summed E-state index contributed by atoms with van der Waals surface area (Å²) in [5.74, 6) is 0.758. The lowest BCUT2D eigenvalue weighted by molar-refractivity contribution is -0.151. The lowest BCUT2D eigenvalue weighted by Crippen LogP contribution is -2.39. The van der Waals surface area contributed by atoms with Gasteiger partial charge in [-0.2, -0.15) is 0 Å². The van der Waals surface area contributed by atoms with Crippen molar-refractivity contribution in [1.82, 2.24) is 0 Å². The number of carbonyl (C=O) groups is 1. The maximum atomic E-state index is 12.2. The minimum atomic E-state index is -1.10. The van der Waals surface area contributed by atoms with Gasteiger partial charge in [0, 0.05) is 0 Å². The first kappa shape index (κ1) is 15.2. The number of methoxy groups -OCH3 is 2. The average Bonchev–Trinajstić information content (AvgIpc) is 2.90. The van der Waals surface area contributed by atoms with E-state index >= 15 is 0 Å². The number of aliphatic imine (C=N–C) groups is 1. The van der Waals surface area contributed by atoms with Crippen molar-refractivity contribution in [2.24, 2.45) is 4.99 Å². The molecular formula is C15H19NO5. The van der Waals surface area contributed by atoms with E-state index in [0.29, 0.717) is 18.1 Å². The highest BCUT2D eigenvalue weighted by molar-refractivity contribution is 5.85. The number of ether oxygens (including phenoxy) is 4. The van der Waals surface area contributed by atoms with Crippen molar-refractivity contribution in [3.63, 3.8) is 0 Å². The van der Waals surface area contributed by atoms with E-state index in [4.69, 9.17) is 18.9 Å². The lowest BCUT2D eigenvalue weighted by Gasteiger charge is -2.26. The van der Waals surface area contributed by atoms with Crippen molar-refractivity contribution in [3.8, 4) is 11.5 Å². The van der Waals surface area contributed by atoms with Crippen LogP contribution in [0.4, 0.5) is 0 Å². The van der Waals surface area contributed by atoms with E-state index in [1.54, 1.807) is 40.2 Å². The summed E-state index contributed by atoms with van der Waals surface area (Å²) in [7, 11) is 3.12. The molecule has 2 rings (SSSR count). The maximum Gasteiger partial charge on any atom is 0.338 e. The van der Waals surface area contributed by atoms with Gasteiger partial charge in [0.25, 0.3) is 0 Å². The Bertz CT molecular complexity index is 557. The average molecular weight is 293 g/mol. The van der Waals surface area contributed by atoms with Crippen LogP contribution in [0.3, 0.4) is 0 Å². The van der Waals surface area contributed by atoms with Crippen molar-refractivity contribution in [3.05, 3.63) is 23.8 Å². The lowest BCUT2D eigenvalue weighted by atomic mass is 9.90. The molecular weight excluding hydrogens is 274 g/mol. The molecule has 1 aliphatic rings. The van der Waals surface area contributed by atoms with Crippen LogP contribution >= 0.6 is 0 Å². The van der Waals surface area contributed by atoms with Crippen LogP contribution in [0.15, 0.2) is 23.2 Å². The molecule has 0 saturated carbocycles. The molecule has 1 aromatic carbocycles. The normalized spacial score (nSPS) is 23.5. The molecule has 6 nitrogen and oxygen atoms in total. The minimum Gasteiger partial charge on any atom is -0.493 e. The van der Waals surface area contributed by atoms with Gasteiger partial charge in [0.1, 0.15) is 0 Å². The molecule has 0 N–H and O–H groups in total. The van der Waals surface area contributed by atoms with Gasteiger partial charge in [-0.25, -0.2) is 9.79 Å². The third-order valence-electron chi connectivity index (χ3n) is 3.43. The second kappa shape index (κ2) is 6.03. The Kier molecular flexibility index (Phi) is 4.35. The van der Waals surface area contributed by atoms with Gasteiger partial charge in [0.05, 0.1) is 20.8 Å². The Morgan fingerprint density at radius 3 is 2.67 bits per heavy atom. The smallest absolute Gasteiger partial charge is 0.338 e. The molecule has 1 heterocycles. The van der Waals surface area contributed by atoms with E-state index < -0.39 is 17.6 Å². The van der Waals surface area contributed by atoms with Crippen LogP contribution in [0, 0.1) is 0 Å². The Hall–Kier alpha value is -2.24. The summed E-state index contributed by atoms with van der Waals surface area (Å²) in [5.41, 5.74) is -0.337. The molecule has 1 aromatic rings. The molecule has 114 valence electrons. The zero-order chi connectivity index (χ0) is 15.5. The van der Waals surface area contributed by atoms with Crippen LogP contribution in [0.25, 0.3) is 0 Å². The van der Waals surface area contributed by atoms with Crippen LogP contribution in [-0.2, 0) is 14.3 Å². The monoisotopic (exact) mass is 293 g/mol. The van der Waals surface area contributed by atoms with Gasteiger partial charge in [0.2, 0.25) is 0 Å². The first-order chi connectivity index (χ1) is 10.1. The van der Waals surface area contributed by atoms with Gasteiger partial charge in [-0.15, -0.1) is 0 Å². The molecule has 0 bridgehead atoms. The molecule has 1 aliphatic heterocycles. The second-order valence-electron chi connectivity index (χ2n) is 4.73. The molecule has 0 amide bonds. The highest BCUT2D eigenvalue weighted by Gasteiger charge is 2.48. The van der Waals surface area contributed by atoms with Crippen LogP contribution in [0.2, 0.25) is 0 Å². The number of nitrogens with zero attached hydrogens (tertiary/aromatic N) is 1. The number of benzene rings is 1. The molecule has 2 atom stereocenters. The fraction of sp³-hybridized carbons (Fsp3) is 0.467. The van der Waals surface area contributed by atoms with E-state index in [-0.39, 0.29) is 0 Å². The summed E-state index contributed by atoms with van der Waals surface area (Å²) in [6.45, 7) is 3.74. The van der Waals surface area contributed by atoms with Gasteiger partial charge in [-0.05, 0) is 31.5 Å². The summed E-state index contributed by atoms with van der Waals surface area (Å²) < 4.78 is 21.1. The fourth-order valence-electron chi connectivity index (χ4n) is 2.26. The van der Waals surface area contributed by atoms with Gasteiger partial charge < -0.3 is 18.9 Å². The SMILES string of the molecule is CCOC(=O)C1(C)N=COC1c1ccc(OC)c(OC)c1. The Morgan fingerprint density at radius 1 is 1.33 bits per heavy atom. The largest absolute Gasteiger partial charge is 0.493 e. The molecule has 0 fully saturated rings. The Labute approximate surface area is 123 Å². The minimum absolute atomic E-state index is 0.294. The summed E-state index contributed by atoms with van der Waals surface area (Å²) in [4.78, 5) is 16.3. The predicted octanol–water partition coefficient (Wildman–Crippen LogP) is 2.13. The molecule has 0 radical (unpaired) electrons. The van der Waals surface area contributed by atoms with Crippen LogP contribution in [0.5, 0.6) is 11.5 Å². The van der Waals surface area contributed by atoms with E-state index in [0.717, 1.165) is 5.56 Å². The quantitative estimate of drug-likeness (QED) is 0.778. The molecule has 21 heavy (non-hydrogen) atoms. The van der Waals surface area contributed by atoms with Gasteiger partial charge in [-0.3, -0.25) is 0 Å². The summed E-state index contributed by atoms with van der Waals surface area (Å²) in [6.07, 6.45) is 0.731. The maximum absolute atomic E-state index is 12.2. The van der Waals surface area contributed by atoms with Gasteiger partial charge >= 0.3 is 5.97 Å². The van der Waals surface area contributed by atoms with E-state index in [1.165, 1.54) is 6.40 Å². The third-order valence-corrected chi connectivity index (χ3v) is 3.43. The van der Waals surface area contributed by atoms with Crippen LogP contribution < -0.4 is 9.47 Å². The van der Waals surface area contributed by atoms with Crippen molar-refractivity contribution in [2.75, 3.05) is 20.8 Å². The number of esters is 1. The van der Waals surface area contributed by atoms with E-state index in [1.807, 2.05) is 6.07 Å². The van der Waals surface area contributed by atoms with Crippen molar-refractivity contribution in [1.29, 1.82) is 0 Å². The Morgan fingerprint density at radius 2 is 2.05 bits per heavy atom. The summed E-state index contributed by atoms with van der Waals surface area (Å²) >= 11 is 0. The standard InChI is InChI=1S/C15H19NO5/c1-5-20-14(17)15(2)13(21-9-16-15)10-6-7-11(18-3)12(8-10)19-4/h6-9,13H,5H2,1-4H3. The van der Waals surface area contributed by atoms with Crippen molar-refractivity contribution < 1.29 is 23.7 Å². The highest BCUT2D eigenvalue weighted by Crippen LogP contribution is 2.40. The van der Waals surface area contributed by atoms with Crippen LogP contribution in [-0.4, -0.2) is 38.7 Å². The van der Waals surface area contributed by atoms with Gasteiger partial charge in [-0.1, -0.05) is 6.07 Å². The zero-order valence-electron chi connectivity index (χ0n) is 12.6. The summed E-state index contributed by atoms with van der Waals surface area (Å²) in [5, 5.41) is 0. The number of carbonyl (C=O) groups excluding carboxylic acids is 1.